The van der Waals surface area contributed by atoms with Gasteiger partial charge in [0.15, 0.2) is 0 Å². The average molecular weight is 329 g/mol. The molecule has 25 heavy (non-hydrogen) atoms. The zero-order valence-corrected chi connectivity index (χ0v) is 14.0. The molecule has 2 amide bonds. The van der Waals surface area contributed by atoms with Gasteiger partial charge in [-0.1, -0.05) is 49.4 Å². The van der Waals surface area contributed by atoms with Crippen LogP contribution < -0.4 is 10.6 Å². The van der Waals surface area contributed by atoms with Crippen LogP contribution in [-0.4, -0.2) is 11.0 Å². The molecular formula is C21H19N3O. The molecule has 0 radical (unpaired) electrons. The minimum atomic E-state index is -0.254. The van der Waals surface area contributed by atoms with Crippen LogP contribution in [0.15, 0.2) is 66.7 Å². The second-order valence-electron chi connectivity index (χ2n) is 6.02. The van der Waals surface area contributed by atoms with Gasteiger partial charge in [0.1, 0.15) is 0 Å². The standard InChI is InChI=1S/C21H19N3O/c1-2-14-7-6-10-18-17-12-11-16(13-19(17)24-20(14)18)23-21(25)22-15-8-4-3-5-9-15/h3-13,24H,2H2,1H3,(H2,22,23,25). The molecule has 4 heteroatoms. The van der Waals surface area contributed by atoms with Gasteiger partial charge in [0.05, 0.1) is 0 Å². The Labute approximate surface area is 145 Å². The number of para-hydroxylation sites is 2. The molecule has 1 heterocycles. The van der Waals surface area contributed by atoms with E-state index in [1.54, 1.807) is 0 Å². The molecule has 3 aromatic carbocycles. The number of aryl methyl sites for hydroxylation is 1. The number of hydrogen-bond acceptors (Lipinski definition) is 1. The maximum atomic E-state index is 12.2. The second-order valence-corrected chi connectivity index (χ2v) is 6.02. The van der Waals surface area contributed by atoms with Crippen LogP contribution in [0.25, 0.3) is 21.8 Å². The van der Waals surface area contributed by atoms with Crippen LogP contribution in [0, 0.1) is 0 Å². The minimum Gasteiger partial charge on any atom is -0.354 e. The van der Waals surface area contributed by atoms with Gasteiger partial charge >= 0.3 is 6.03 Å². The lowest BCUT2D eigenvalue weighted by molar-refractivity contribution is 0.262. The molecule has 3 N–H and O–H groups in total. The first-order valence-corrected chi connectivity index (χ1v) is 8.41. The highest BCUT2D eigenvalue weighted by molar-refractivity contribution is 6.10. The summed E-state index contributed by atoms with van der Waals surface area (Å²) in [6.07, 6.45) is 0.981. The maximum absolute atomic E-state index is 12.2. The molecule has 4 rings (SSSR count). The SMILES string of the molecule is CCc1cccc2c1[nH]c1cc(NC(=O)Nc3ccccc3)ccc12. The van der Waals surface area contributed by atoms with Crippen LogP contribution >= 0.6 is 0 Å². The third-order valence-corrected chi connectivity index (χ3v) is 4.39. The number of benzene rings is 3. The number of aromatic nitrogens is 1. The van der Waals surface area contributed by atoms with Gasteiger partial charge in [-0.25, -0.2) is 4.79 Å². The molecule has 124 valence electrons. The Morgan fingerprint density at radius 1 is 0.880 bits per heavy atom. The third-order valence-electron chi connectivity index (χ3n) is 4.39. The molecule has 0 aliphatic rings. The van der Waals surface area contributed by atoms with Crippen molar-refractivity contribution in [2.45, 2.75) is 13.3 Å². The smallest absolute Gasteiger partial charge is 0.323 e. The molecule has 0 fully saturated rings. The number of nitrogens with one attached hydrogen (secondary N) is 3. The fraction of sp³-hybridized carbons (Fsp3) is 0.0952. The molecule has 1 aromatic heterocycles. The molecule has 0 atom stereocenters. The van der Waals surface area contributed by atoms with Crippen molar-refractivity contribution >= 4 is 39.2 Å². The Hall–Kier alpha value is -3.27. The van der Waals surface area contributed by atoms with Crippen LogP contribution in [0.2, 0.25) is 0 Å². The van der Waals surface area contributed by atoms with E-state index in [0.717, 1.165) is 23.3 Å². The van der Waals surface area contributed by atoms with Gasteiger partial charge in [-0.05, 0) is 36.2 Å². The number of anilines is 2. The predicted octanol–water partition coefficient (Wildman–Crippen LogP) is 5.53. The van der Waals surface area contributed by atoms with E-state index in [1.165, 1.54) is 21.9 Å². The van der Waals surface area contributed by atoms with E-state index in [-0.39, 0.29) is 6.03 Å². The van der Waals surface area contributed by atoms with E-state index in [2.05, 4.69) is 40.7 Å². The number of amides is 2. The van der Waals surface area contributed by atoms with Crippen LogP contribution in [0.3, 0.4) is 0 Å². The van der Waals surface area contributed by atoms with Crippen LogP contribution in [-0.2, 0) is 6.42 Å². The molecule has 0 aliphatic heterocycles. The summed E-state index contributed by atoms with van der Waals surface area (Å²) < 4.78 is 0. The van der Waals surface area contributed by atoms with Gasteiger partial charge in [-0.3, -0.25) is 0 Å². The van der Waals surface area contributed by atoms with E-state index in [1.807, 2.05) is 48.5 Å². The van der Waals surface area contributed by atoms with Gasteiger partial charge in [0, 0.05) is 33.2 Å². The number of rotatable bonds is 3. The summed E-state index contributed by atoms with van der Waals surface area (Å²) in [4.78, 5) is 15.6. The summed E-state index contributed by atoms with van der Waals surface area (Å²) >= 11 is 0. The molecular weight excluding hydrogens is 310 g/mol. The Balaban J connectivity index is 1.63. The summed E-state index contributed by atoms with van der Waals surface area (Å²) in [6.45, 7) is 2.15. The highest BCUT2D eigenvalue weighted by atomic mass is 16.2. The monoisotopic (exact) mass is 329 g/mol. The summed E-state index contributed by atoms with van der Waals surface area (Å²) in [5.74, 6) is 0. The van der Waals surface area contributed by atoms with Gasteiger partial charge < -0.3 is 15.6 Å². The molecule has 0 aliphatic carbocycles. The number of hydrogen-bond donors (Lipinski definition) is 3. The Bertz CT molecular complexity index is 1050. The van der Waals surface area contributed by atoms with Crippen LogP contribution in [0.5, 0.6) is 0 Å². The zero-order chi connectivity index (χ0) is 17.2. The summed E-state index contributed by atoms with van der Waals surface area (Å²) in [5.41, 5.74) is 5.01. The van der Waals surface area contributed by atoms with Gasteiger partial charge in [-0.2, -0.15) is 0 Å². The first-order chi connectivity index (χ1) is 12.2. The lowest BCUT2D eigenvalue weighted by Gasteiger charge is -2.07. The first kappa shape index (κ1) is 15.3. The van der Waals surface area contributed by atoms with Crippen molar-refractivity contribution in [1.82, 2.24) is 4.98 Å². The van der Waals surface area contributed by atoms with Crippen molar-refractivity contribution < 1.29 is 4.79 Å². The number of urea groups is 1. The number of H-pyrrole nitrogens is 1. The number of carbonyl (C=O) groups is 1. The number of fused-ring (bicyclic) bond motifs is 3. The van der Waals surface area contributed by atoms with E-state index < -0.39 is 0 Å². The van der Waals surface area contributed by atoms with Crippen LogP contribution in [0.4, 0.5) is 16.2 Å². The third kappa shape index (κ3) is 2.94. The molecule has 0 spiro atoms. The van der Waals surface area contributed by atoms with Crippen molar-refractivity contribution in [2.24, 2.45) is 0 Å². The van der Waals surface area contributed by atoms with Crippen LogP contribution in [0.1, 0.15) is 12.5 Å². The number of aromatic amines is 1. The van der Waals surface area contributed by atoms with Gasteiger partial charge in [-0.15, -0.1) is 0 Å². The summed E-state index contributed by atoms with van der Waals surface area (Å²) in [5, 5.41) is 8.09. The molecule has 4 nitrogen and oxygen atoms in total. The van der Waals surface area contributed by atoms with E-state index in [4.69, 9.17) is 0 Å². The highest BCUT2D eigenvalue weighted by Crippen LogP contribution is 2.29. The topological polar surface area (TPSA) is 56.9 Å². The molecule has 0 saturated carbocycles. The molecule has 0 bridgehead atoms. The Kier molecular flexibility index (Phi) is 3.86. The second kappa shape index (κ2) is 6.32. The summed E-state index contributed by atoms with van der Waals surface area (Å²) in [6, 6.07) is 21.5. The van der Waals surface area contributed by atoms with Crippen molar-refractivity contribution in [3.05, 3.63) is 72.3 Å². The fourth-order valence-electron chi connectivity index (χ4n) is 3.18. The zero-order valence-electron chi connectivity index (χ0n) is 14.0. The van der Waals surface area contributed by atoms with Crippen molar-refractivity contribution in [3.8, 4) is 0 Å². The average Bonchev–Trinajstić information content (AvgIpc) is 3.00. The Morgan fingerprint density at radius 2 is 1.68 bits per heavy atom. The van der Waals surface area contributed by atoms with E-state index in [9.17, 15) is 4.79 Å². The lowest BCUT2D eigenvalue weighted by atomic mass is 10.1. The van der Waals surface area contributed by atoms with E-state index >= 15 is 0 Å². The van der Waals surface area contributed by atoms with E-state index in [0.29, 0.717) is 0 Å². The van der Waals surface area contributed by atoms with Gasteiger partial charge in [0.25, 0.3) is 0 Å². The largest absolute Gasteiger partial charge is 0.354 e. The lowest BCUT2D eigenvalue weighted by Crippen LogP contribution is -2.19. The molecule has 4 aromatic rings. The van der Waals surface area contributed by atoms with Crippen molar-refractivity contribution in [3.63, 3.8) is 0 Å². The Morgan fingerprint density at radius 3 is 2.48 bits per heavy atom. The summed E-state index contributed by atoms with van der Waals surface area (Å²) in [7, 11) is 0. The maximum Gasteiger partial charge on any atom is 0.323 e. The quantitative estimate of drug-likeness (QED) is 0.455. The minimum absolute atomic E-state index is 0.254. The predicted molar refractivity (Wildman–Crippen MR) is 104 cm³/mol. The first-order valence-electron chi connectivity index (χ1n) is 8.41. The molecule has 0 unspecified atom stereocenters. The normalized spacial score (nSPS) is 10.9. The highest BCUT2D eigenvalue weighted by Gasteiger charge is 2.09. The van der Waals surface area contributed by atoms with Gasteiger partial charge in [0.2, 0.25) is 0 Å². The van der Waals surface area contributed by atoms with Crippen molar-refractivity contribution in [1.29, 1.82) is 0 Å². The molecule has 0 saturated heterocycles. The number of carbonyl (C=O) groups excluding carboxylic acids is 1. The van der Waals surface area contributed by atoms with Crippen molar-refractivity contribution in [2.75, 3.05) is 10.6 Å². The fourth-order valence-corrected chi connectivity index (χ4v) is 3.18.